The van der Waals surface area contributed by atoms with Gasteiger partial charge in [0.1, 0.15) is 17.4 Å². The Hall–Kier alpha value is -1.14. The summed E-state index contributed by atoms with van der Waals surface area (Å²) in [6.07, 6.45) is 0. The summed E-state index contributed by atoms with van der Waals surface area (Å²) in [5.41, 5.74) is 0. The zero-order valence-electron chi connectivity index (χ0n) is 12.0. The number of halogens is 1. The van der Waals surface area contributed by atoms with E-state index >= 15 is 0 Å². The molecule has 1 atom stereocenters. The Bertz CT molecular complexity index is 604. The van der Waals surface area contributed by atoms with Gasteiger partial charge in [-0.25, -0.2) is 0 Å². The van der Waals surface area contributed by atoms with Crippen molar-refractivity contribution in [1.82, 2.24) is 19.7 Å². The molecule has 3 rings (SSSR count). The van der Waals surface area contributed by atoms with Crippen molar-refractivity contribution in [2.24, 2.45) is 0 Å². The predicted molar refractivity (Wildman–Crippen MR) is 79.3 cm³/mol. The Morgan fingerprint density at radius 2 is 2.15 bits per heavy atom. The fourth-order valence-electron chi connectivity index (χ4n) is 2.73. The highest BCUT2D eigenvalue weighted by Gasteiger charge is 2.29. The summed E-state index contributed by atoms with van der Waals surface area (Å²) in [7, 11) is 0. The third kappa shape index (κ3) is 2.42. The first-order valence-electron chi connectivity index (χ1n) is 6.97. The lowest BCUT2D eigenvalue weighted by Gasteiger charge is -2.33. The molecule has 2 aromatic heterocycles. The summed E-state index contributed by atoms with van der Waals surface area (Å²) >= 11 is 3.35. The Balaban J connectivity index is 1.80. The van der Waals surface area contributed by atoms with E-state index in [0.717, 1.165) is 41.7 Å². The van der Waals surface area contributed by atoms with Crippen molar-refractivity contribution in [3.8, 4) is 0 Å². The molecular weight excluding hydrogens is 320 g/mol. The molecule has 1 aliphatic heterocycles. The first-order chi connectivity index (χ1) is 9.56. The minimum atomic E-state index is 0.257. The first kappa shape index (κ1) is 13.8. The van der Waals surface area contributed by atoms with Gasteiger partial charge in [-0.3, -0.25) is 4.90 Å². The van der Waals surface area contributed by atoms with Gasteiger partial charge in [-0.1, -0.05) is 13.8 Å². The summed E-state index contributed by atoms with van der Waals surface area (Å²) in [5, 5.41) is 8.74. The summed E-state index contributed by atoms with van der Waals surface area (Å²) < 4.78 is 8.65. The molecule has 0 bridgehead atoms. The molecule has 1 aliphatic rings. The normalized spacial score (nSPS) is 19.6. The lowest BCUT2D eigenvalue weighted by Crippen LogP contribution is -2.37. The van der Waals surface area contributed by atoms with E-state index in [-0.39, 0.29) is 6.04 Å². The average molecular weight is 339 g/mol. The van der Waals surface area contributed by atoms with Gasteiger partial charge in [0.05, 0.1) is 12.6 Å². The number of nitrogens with zero attached hydrogens (tertiary/aromatic N) is 4. The van der Waals surface area contributed by atoms with E-state index in [1.54, 1.807) is 0 Å². The van der Waals surface area contributed by atoms with E-state index in [1.165, 1.54) is 0 Å². The fourth-order valence-corrected chi connectivity index (χ4v) is 3.07. The van der Waals surface area contributed by atoms with Crippen LogP contribution in [0.1, 0.15) is 50.1 Å². The molecule has 0 aromatic carbocycles. The molecule has 20 heavy (non-hydrogen) atoms. The minimum Gasteiger partial charge on any atom is -0.453 e. The largest absolute Gasteiger partial charge is 0.453 e. The molecule has 0 amide bonds. The van der Waals surface area contributed by atoms with Crippen molar-refractivity contribution in [2.45, 2.75) is 45.8 Å². The van der Waals surface area contributed by atoms with Crippen LogP contribution in [-0.2, 0) is 13.1 Å². The lowest BCUT2D eigenvalue weighted by molar-refractivity contribution is 0.143. The van der Waals surface area contributed by atoms with Crippen molar-refractivity contribution >= 4 is 15.9 Å². The van der Waals surface area contributed by atoms with Gasteiger partial charge in [0, 0.05) is 19.0 Å². The van der Waals surface area contributed by atoms with Crippen LogP contribution < -0.4 is 0 Å². The second kappa shape index (κ2) is 5.33. The van der Waals surface area contributed by atoms with Crippen LogP contribution in [0.5, 0.6) is 0 Å². The molecule has 5 nitrogen and oxygen atoms in total. The maximum absolute atomic E-state index is 5.60. The van der Waals surface area contributed by atoms with Crippen LogP contribution in [0, 0.1) is 0 Å². The molecule has 108 valence electrons. The van der Waals surface area contributed by atoms with Crippen LogP contribution in [0.25, 0.3) is 0 Å². The van der Waals surface area contributed by atoms with Gasteiger partial charge in [-0.05, 0) is 35.0 Å². The van der Waals surface area contributed by atoms with Crippen LogP contribution in [0.15, 0.2) is 21.2 Å². The summed E-state index contributed by atoms with van der Waals surface area (Å²) in [4.78, 5) is 2.37. The van der Waals surface area contributed by atoms with E-state index in [2.05, 4.69) is 56.4 Å². The highest BCUT2D eigenvalue weighted by Crippen LogP contribution is 2.28. The number of furan rings is 1. The molecule has 0 radical (unpaired) electrons. The van der Waals surface area contributed by atoms with E-state index in [4.69, 9.17) is 4.42 Å². The molecule has 0 spiro atoms. The second-order valence-corrected chi connectivity index (χ2v) is 6.36. The molecule has 0 saturated heterocycles. The number of fused-ring (bicyclic) bond motifs is 1. The van der Waals surface area contributed by atoms with Gasteiger partial charge in [0.2, 0.25) is 0 Å². The zero-order valence-corrected chi connectivity index (χ0v) is 13.6. The molecule has 0 saturated carbocycles. The van der Waals surface area contributed by atoms with Crippen LogP contribution >= 0.6 is 15.9 Å². The molecule has 6 heteroatoms. The Morgan fingerprint density at radius 1 is 1.35 bits per heavy atom. The number of hydrogen-bond acceptors (Lipinski definition) is 4. The van der Waals surface area contributed by atoms with Gasteiger partial charge in [0.25, 0.3) is 0 Å². The smallest absolute Gasteiger partial charge is 0.169 e. The SMILES string of the molecule is CC(C)c1nnc2n1CCN(Cc1ccc(Br)o1)C2C. The Kier molecular flexibility index (Phi) is 3.69. The topological polar surface area (TPSA) is 47.1 Å². The maximum atomic E-state index is 5.60. The van der Waals surface area contributed by atoms with Gasteiger partial charge < -0.3 is 8.98 Å². The van der Waals surface area contributed by atoms with Crippen LogP contribution in [0.3, 0.4) is 0 Å². The average Bonchev–Trinajstić information content (AvgIpc) is 2.99. The number of aromatic nitrogens is 3. The predicted octanol–water partition coefficient (Wildman–Crippen LogP) is 3.33. The third-order valence-electron chi connectivity index (χ3n) is 3.84. The van der Waals surface area contributed by atoms with Gasteiger partial charge in [-0.2, -0.15) is 0 Å². The van der Waals surface area contributed by atoms with Crippen LogP contribution in [-0.4, -0.2) is 26.2 Å². The molecule has 3 heterocycles. The van der Waals surface area contributed by atoms with Crippen LogP contribution in [0.2, 0.25) is 0 Å². The second-order valence-electron chi connectivity index (χ2n) is 5.58. The number of hydrogen-bond donors (Lipinski definition) is 0. The quantitative estimate of drug-likeness (QED) is 0.861. The van der Waals surface area contributed by atoms with E-state index in [9.17, 15) is 0 Å². The first-order valence-corrected chi connectivity index (χ1v) is 7.77. The zero-order chi connectivity index (χ0) is 14.3. The molecule has 0 aliphatic carbocycles. The van der Waals surface area contributed by atoms with Gasteiger partial charge in [0.15, 0.2) is 4.67 Å². The van der Waals surface area contributed by atoms with Gasteiger partial charge in [-0.15, -0.1) is 10.2 Å². The fraction of sp³-hybridized carbons (Fsp3) is 0.571. The van der Waals surface area contributed by atoms with E-state index < -0.39 is 0 Å². The highest BCUT2D eigenvalue weighted by atomic mass is 79.9. The molecule has 1 unspecified atom stereocenters. The third-order valence-corrected chi connectivity index (χ3v) is 4.27. The summed E-state index contributed by atoms with van der Waals surface area (Å²) in [6, 6.07) is 4.20. The molecule has 2 aromatic rings. The Labute approximate surface area is 127 Å². The summed E-state index contributed by atoms with van der Waals surface area (Å²) in [5.74, 6) is 3.54. The van der Waals surface area contributed by atoms with Crippen molar-refractivity contribution < 1.29 is 4.42 Å². The monoisotopic (exact) mass is 338 g/mol. The van der Waals surface area contributed by atoms with Crippen molar-refractivity contribution in [2.75, 3.05) is 6.54 Å². The van der Waals surface area contributed by atoms with E-state index in [0.29, 0.717) is 5.92 Å². The molecule has 0 fully saturated rings. The van der Waals surface area contributed by atoms with Crippen molar-refractivity contribution in [3.05, 3.63) is 34.2 Å². The van der Waals surface area contributed by atoms with Crippen molar-refractivity contribution in [1.29, 1.82) is 0 Å². The van der Waals surface area contributed by atoms with Gasteiger partial charge >= 0.3 is 0 Å². The standard InChI is InChI=1S/C14H19BrN4O/c1-9(2)13-16-17-14-10(3)18(6-7-19(13)14)8-11-4-5-12(15)20-11/h4-5,9-10H,6-8H2,1-3H3. The molecular formula is C14H19BrN4O. The van der Waals surface area contributed by atoms with E-state index in [1.807, 2.05) is 12.1 Å². The maximum Gasteiger partial charge on any atom is 0.169 e. The minimum absolute atomic E-state index is 0.257. The Morgan fingerprint density at radius 3 is 2.80 bits per heavy atom. The van der Waals surface area contributed by atoms with Crippen LogP contribution in [0.4, 0.5) is 0 Å². The summed E-state index contributed by atoms with van der Waals surface area (Å²) in [6.45, 7) is 9.24. The lowest BCUT2D eigenvalue weighted by atomic mass is 10.1. The van der Waals surface area contributed by atoms with Crippen molar-refractivity contribution in [3.63, 3.8) is 0 Å². The number of rotatable bonds is 3. The highest BCUT2D eigenvalue weighted by molar-refractivity contribution is 9.10. The molecule has 0 N–H and O–H groups in total.